The molecule has 0 aliphatic rings. The Morgan fingerprint density at radius 3 is 2.75 bits per heavy atom. The largest absolute Gasteiger partial charge is 0.488 e. The van der Waals surface area contributed by atoms with Crippen LogP contribution in [0.5, 0.6) is 5.75 Å². The van der Waals surface area contributed by atoms with Gasteiger partial charge in [-0.15, -0.1) is 0 Å². The second-order valence-corrected chi connectivity index (χ2v) is 6.76. The molecule has 1 aromatic heterocycles. The Bertz CT molecular complexity index is 1010. The summed E-state index contributed by atoms with van der Waals surface area (Å²) in [6, 6.07) is 14.8. The summed E-state index contributed by atoms with van der Waals surface area (Å²) in [4.78, 5) is 14.0. The Hall–Kier alpha value is -3.08. The Morgan fingerprint density at radius 2 is 2.07 bits per heavy atom. The molecule has 3 aromatic rings. The lowest BCUT2D eigenvalue weighted by Gasteiger charge is -2.09. The SMILES string of the molecule is O=[N+]([O-])c1ccc(N/N=C/c2ccc(OCc3ccccc3F)c(I)c2)nc1. The van der Waals surface area contributed by atoms with E-state index in [4.69, 9.17) is 4.74 Å². The zero-order valence-corrected chi connectivity index (χ0v) is 16.5. The molecule has 0 amide bonds. The van der Waals surface area contributed by atoms with Crippen molar-refractivity contribution < 1.29 is 14.1 Å². The number of nitrogens with zero attached hydrogens (tertiary/aromatic N) is 3. The molecule has 3 rings (SSSR count). The van der Waals surface area contributed by atoms with E-state index in [1.165, 1.54) is 18.2 Å². The van der Waals surface area contributed by atoms with Gasteiger partial charge in [0.2, 0.25) is 0 Å². The van der Waals surface area contributed by atoms with Crippen molar-refractivity contribution in [1.29, 1.82) is 0 Å². The number of hydrazone groups is 1. The van der Waals surface area contributed by atoms with Crippen LogP contribution in [-0.4, -0.2) is 16.1 Å². The fraction of sp³-hybridized carbons (Fsp3) is 0.0526. The molecular weight excluding hydrogens is 478 g/mol. The summed E-state index contributed by atoms with van der Waals surface area (Å²) < 4.78 is 20.2. The molecule has 0 radical (unpaired) electrons. The van der Waals surface area contributed by atoms with Crippen LogP contribution in [0.2, 0.25) is 0 Å². The topological polar surface area (TPSA) is 89.7 Å². The first-order valence-corrected chi connectivity index (χ1v) is 9.16. The highest BCUT2D eigenvalue weighted by Crippen LogP contribution is 2.23. The fourth-order valence-corrected chi connectivity index (χ4v) is 2.91. The van der Waals surface area contributed by atoms with E-state index in [1.807, 2.05) is 12.1 Å². The summed E-state index contributed by atoms with van der Waals surface area (Å²) in [6.45, 7) is 0.142. The van der Waals surface area contributed by atoms with E-state index in [1.54, 1.807) is 30.5 Å². The highest BCUT2D eigenvalue weighted by Gasteiger charge is 2.06. The van der Waals surface area contributed by atoms with Crippen LogP contribution >= 0.6 is 22.6 Å². The summed E-state index contributed by atoms with van der Waals surface area (Å²) in [6.07, 6.45) is 2.74. The number of halogens is 2. The lowest BCUT2D eigenvalue weighted by Crippen LogP contribution is -2.00. The first-order valence-electron chi connectivity index (χ1n) is 8.08. The number of benzene rings is 2. The molecular formula is C19H14FIN4O3. The lowest BCUT2D eigenvalue weighted by atomic mass is 10.2. The van der Waals surface area contributed by atoms with Crippen molar-refractivity contribution in [2.75, 3.05) is 5.43 Å². The van der Waals surface area contributed by atoms with Crippen molar-refractivity contribution in [1.82, 2.24) is 4.98 Å². The molecule has 7 nitrogen and oxygen atoms in total. The monoisotopic (exact) mass is 492 g/mol. The normalized spacial score (nSPS) is 10.8. The van der Waals surface area contributed by atoms with Crippen LogP contribution < -0.4 is 10.2 Å². The molecule has 1 N–H and O–H groups in total. The molecule has 28 heavy (non-hydrogen) atoms. The maximum atomic E-state index is 13.7. The fourth-order valence-electron chi connectivity index (χ4n) is 2.22. The number of hydrogen-bond acceptors (Lipinski definition) is 6. The Balaban J connectivity index is 1.59. The van der Waals surface area contributed by atoms with E-state index in [0.717, 1.165) is 15.3 Å². The van der Waals surface area contributed by atoms with Crippen molar-refractivity contribution >= 4 is 40.3 Å². The van der Waals surface area contributed by atoms with E-state index >= 15 is 0 Å². The summed E-state index contributed by atoms with van der Waals surface area (Å²) in [5, 5.41) is 14.7. The summed E-state index contributed by atoms with van der Waals surface area (Å²) in [7, 11) is 0. The van der Waals surface area contributed by atoms with Crippen LogP contribution in [0.1, 0.15) is 11.1 Å². The maximum absolute atomic E-state index is 13.7. The minimum atomic E-state index is -0.516. The number of hydrogen-bond donors (Lipinski definition) is 1. The second kappa shape index (κ2) is 9.22. The number of anilines is 1. The standard InChI is InChI=1S/C19H14FIN4O3/c20-16-4-2-1-3-14(16)12-28-18-7-5-13(9-17(18)21)10-23-24-19-8-6-15(11-22-19)25(26)27/h1-11H,12H2,(H,22,24)/b23-10+. The van der Waals surface area contributed by atoms with E-state index < -0.39 is 4.92 Å². The van der Waals surface area contributed by atoms with Gasteiger partial charge in [-0.1, -0.05) is 18.2 Å². The zero-order valence-electron chi connectivity index (χ0n) is 14.4. The van der Waals surface area contributed by atoms with Crippen molar-refractivity contribution in [3.8, 4) is 5.75 Å². The minimum Gasteiger partial charge on any atom is -0.488 e. The van der Waals surface area contributed by atoms with Gasteiger partial charge in [-0.2, -0.15) is 5.10 Å². The van der Waals surface area contributed by atoms with Gasteiger partial charge in [-0.25, -0.2) is 9.37 Å². The first kappa shape index (κ1) is 19.7. The van der Waals surface area contributed by atoms with Gasteiger partial charge >= 0.3 is 0 Å². The number of nitrogens with one attached hydrogen (secondary N) is 1. The highest BCUT2D eigenvalue weighted by atomic mass is 127. The smallest absolute Gasteiger partial charge is 0.287 e. The number of rotatable bonds is 7. The molecule has 142 valence electrons. The van der Waals surface area contributed by atoms with Crippen molar-refractivity contribution in [2.45, 2.75) is 6.61 Å². The molecule has 0 unspecified atom stereocenters. The number of nitro groups is 1. The van der Waals surface area contributed by atoms with Gasteiger partial charge in [0.05, 0.1) is 14.7 Å². The molecule has 0 aliphatic carbocycles. The highest BCUT2D eigenvalue weighted by molar-refractivity contribution is 14.1. The minimum absolute atomic E-state index is 0.0879. The third-order valence-corrected chi connectivity index (χ3v) is 4.49. The van der Waals surface area contributed by atoms with Crippen molar-refractivity contribution in [2.24, 2.45) is 5.10 Å². The summed E-state index contributed by atoms with van der Waals surface area (Å²) in [5.74, 6) is 0.736. The zero-order chi connectivity index (χ0) is 19.9. The average Bonchev–Trinajstić information content (AvgIpc) is 2.69. The molecule has 2 aromatic carbocycles. The van der Waals surface area contributed by atoms with Gasteiger partial charge in [0, 0.05) is 11.6 Å². The first-order chi connectivity index (χ1) is 13.5. The van der Waals surface area contributed by atoms with Gasteiger partial charge in [-0.05, 0) is 58.5 Å². The third-order valence-electron chi connectivity index (χ3n) is 3.65. The molecule has 0 atom stereocenters. The second-order valence-electron chi connectivity index (χ2n) is 5.60. The van der Waals surface area contributed by atoms with E-state index in [2.05, 4.69) is 38.1 Å². The van der Waals surface area contributed by atoms with Crippen LogP contribution in [0.4, 0.5) is 15.9 Å². The van der Waals surface area contributed by atoms with E-state index in [9.17, 15) is 14.5 Å². The van der Waals surface area contributed by atoms with Crippen molar-refractivity contribution in [3.05, 3.63) is 91.4 Å². The molecule has 0 saturated heterocycles. The number of pyridine rings is 1. The Morgan fingerprint density at radius 1 is 1.25 bits per heavy atom. The van der Waals surface area contributed by atoms with Gasteiger partial charge in [0.1, 0.15) is 30.2 Å². The van der Waals surface area contributed by atoms with E-state index in [-0.39, 0.29) is 18.1 Å². The van der Waals surface area contributed by atoms with Crippen LogP contribution in [0.15, 0.2) is 65.9 Å². The lowest BCUT2D eigenvalue weighted by molar-refractivity contribution is -0.385. The molecule has 9 heteroatoms. The summed E-state index contributed by atoms with van der Waals surface area (Å²) in [5.41, 5.74) is 3.92. The Labute approximate surface area is 173 Å². The molecule has 0 aliphatic heterocycles. The van der Waals surface area contributed by atoms with Crippen LogP contribution in [0.25, 0.3) is 0 Å². The van der Waals surface area contributed by atoms with Crippen molar-refractivity contribution in [3.63, 3.8) is 0 Å². The predicted molar refractivity (Wildman–Crippen MR) is 112 cm³/mol. The summed E-state index contributed by atoms with van der Waals surface area (Å²) >= 11 is 2.13. The molecule has 0 fully saturated rings. The van der Waals surface area contributed by atoms with Gasteiger partial charge in [-0.3, -0.25) is 15.5 Å². The predicted octanol–water partition coefficient (Wildman–Crippen LogP) is 4.76. The van der Waals surface area contributed by atoms with Gasteiger partial charge in [0.15, 0.2) is 0 Å². The molecule has 1 heterocycles. The molecule has 0 spiro atoms. The van der Waals surface area contributed by atoms with E-state index in [0.29, 0.717) is 17.1 Å². The van der Waals surface area contributed by atoms with Gasteiger partial charge in [0.25, 0.3) is 5.69 Å². The van der Waals surface area contributed by atoms with Crippen LogP contribution in [0, 0.1) is 19.5 Å². The van der Waals surface area contributed by atoms with Crippen LogP contribution in [0.3, 0.4) is 0 Å². The third kappa shape index (κ3) is 5.22. The average molecular weight is 492 g/mol. The number of ether oxygens (including phenoxy) is 1. The Kier molecular flexibility index (Phi) is 6.48. The maximum Gasteiger partial charge on any atom is 0.287 e. The number of aromatic nitrogens is 1. The molecule has 0 saturated carbocycles. The van der Waals surface area contributed by atoms with Gasteiger partial charge < -0.3 is 4.74 Å². The van der Waals surface area contributed by atoms with Crippen LogP contribution in [-0.2, 0) is 6.61 Å². The molecule has 0 bridgehead atoms. The quantitative estimate of drug-likeness (QED) is 0.223.